The number of nitrogens with one attached hydrogen (secondary N) is 2. The Labute approximate surface area is 138 Å². The summed E-state index contributed by atoms with van der Waals surface area (Å²) >= 11 is 0. The fourth-order valence-electron chi connectivity index (χ4n) is 2.83. The smallest absolute Gasteiger partial charge is 0.273 e. The summed E-state index contributed by atoms with van der Waals surface area (Å²) in [6.45, 7) is 0. The summed E-state index contributed by atoms with van der Waals surface area (Å²) in [6.07, 6.45) is 4.27. The minimum atomic E-state index is -0.200. The number of aromatic amines is 1. The van der Waals surface area contributed by atoms with E-state index in [9.17, 15) is 9.90 Å². The van der Waals surface area contributed by atoms with Gasteiger partial charge in [-0.05, 0) is 29.8 Å². The number of phenolic OH excluding ortho intramolecular Hbond substituents is 1. The number of H-pyrrole nitrogens is 1. The number of para-hydroxylation sites is 1. The lowest BCUT2D eigenvalue weighted by Gasteiger charge is -2.02. The maximum absolute atomic E-state index is 12.1. The van der Waals surface area contributed by atoms with Crippen LogP contribution in [0.15, 0.2) is 65.4 Å². The number of rotatable bonds is 3. The van der Waals surface area contributed by atoms with Gasteiger partial charge in [-0.2, -0.15) is 5.10 Å². The number of benzene rings is 2. The van der Waals surface area contributed by atoms with Crippen molar-refractivity contribution in [1.82, 2.24) is 10.4 Å². The highest BCUT2D eigenvalue weighted by atomic mass is 16.3. The summed E-state index contributed by atoms with van der Waals surface area (Å²) in [5.74, 6) is 0.0185. The first-order valence-corrected chi connectivity index (χ1v) is 7.64. The van der Waals surface area contributed by atoms with Crippen molar-refractivity contribution in [2.75, 3.05) is 0 Å². The molecule has 1 aliphatic rings. The summed E-state index contributed by atoms with van der Waals surface area (Å²) in [5.41, 5.74) is 6.75. The van der Waals surface area contributed by atoms with Crippen molar-refractivity contribution in [2.45, 2.75) is 6.42 Å². The van der Waals surface area contributed by atoms with Gasteiger partial charge in [0, 0.05) is 29.1 Å². The van der Waals surface area contributed by atoms with Gasteiger partial charge in [0.15, 0.2) is 0 Å². The first-order valence-electron chi connectivity index (χ1n) is 7.64. The number of carbonyl (C=O) groups excluding carboxylic acids is 1. The third-order valence-corrected chi connectivity index (χ3v) is 4.08. The van der Waals surface area contributed by atoms with E-state index in [1.165, 1.54) is 0 Å². The van der Waals surface area contributed by atoms with Gasteiger partial charge in [-0.3, -0.25) is 4.79 Å². The minimum Gasteiger partial charge on any atom is -0.508 e. The van der Waals surface area contributed by atoms with Crippen LogP contribution in [0.1, 0.15) is 11.1 Å². The molecule has 5 heteroatoms. The molecule has 0 aliphatic carbocycles. The van der Waals surface area contributed by atoms with Crippen molar-refractivity contribution in [2.24, 2.45) is 5.10 Å². The molecule has 1 aromatic heterocycles. The molecule has 2 heterocycles. The average Bonchev–Trinajstić information content (AvgIpc) is 3.16. The summed E-state index contributed by atoms with van der Waals surface area (Å²) in [5, 5.41) is 14.6. The molecule has 1 aliphatic heterocycles. The lowest BCUT2D eigenvalue weighted by Crippen LogP contribution is -2.13. The molecule has 0 fully saturated rings. The number of aromatic hydroxyl groups is 1. The Morgan fingerprint density at radius 2 is 1.88 bits per heavy atom. The van der Waals surface area contributed by atoms with Gasteiger partial charge in [0.05, 0.1) is 11.3 Å². The van der Waals surface area contributed by atoms with Gasteiger partial charge in [-0.1, -0.05) is 30.3 Å². The molecule has 0 spiro atoms. The second kappa shape index (κ2) is 5.70. The molecule has 0 bridgehead atoms. The highest BCUT2D eigenvalue weighted by Gasteiger charge is 2.23. The van der Waals surface area contributed by atoms with E-state index >= 15 is 0 Å². The Morgan fingerprint density at radius 1 is 1.08 bits per heavy atom. The van der Waals surface area contributed by atoms with E-state index in [-0.39, 0.29) is 11.7 Å². The quantitative estimate of drug-likeness (QED) is 0.649. The van der Waals surface area contributed by atoms with Gasteiger partial charge in [0.25, 0.3) is 5.91 Å². The fourth-order valence-corrected chi connectivity index (χ4v) is 2.83. The third-order valence-electron chi connectivity index (χ3n) is 4.08. The Balaban J connectivity index is 1.68. The van der Waals surface area contributed by atoms with Crippen LogP contribution in [-0.2, 0) is 11.2 Å². The predicted molar refractivity (Wildman–Crippen MR) is 93.7 cm³/mol. The monoisotopic (exact) mass is 317 g/mol. The third kappa shape index (κ3) is 2.56. The number of aromatic nitrogens is 1. The molecule has 3 aromatic rings. The number of hydrazone groups is 1. The van der Waals surface area contributed by atoms with Crippen molar-refractivity contribution in [3.63, 3.8) is 0 Å². The second-order valence-electron chi connectivity index (χ2n) is 5.69. The number of nitrogens with zero attached hydrogens (tertiary/aromatic N) is 1. The van der Waals surface area contributed by atoms with Crippen molar-refractivity contribution < 1.29 is 9.90 Å². The lowest BCUT2D eigenvalue weighted by atomic mass is 10.00. The summed E-state index contributed by atoms with van der Waals surface area (Å²) < 4.78 is 0. The van der Waals surface area contributed by atoms with Crippen LogP contribution in [0.5, 0.6) is 5.75 Å². The topological polar surface area (TPSA) is 77.5 Å². The highest BCUT2D eigenvalue weighted by molar-refractivity contribution is 6.28. The van der Waals surface area contributed by atoms with Crippen LogP contribution in [0, 0.1) is 0 Å². The molecule has 118 valence electrons. The van der Waals surface area contributed by atoms with Crippen LogP contribution >= 0.6 is 0 Å². The summed E-state index contributed by atoms with van der Waals surface area (Å²) in [4.78, 5) is 15.4. The Hall–Kier alpha value is -3.34. The zero-order valence-corrected chi connectivity index (χ0v) is 12.8. The molecule has 3 N–H and O–H groups in total. The van der Waals surface area contributed by atoms with Crippen LogP contribution in [0.4, 0.5) is 0 Å². The van der Waals surface area contributed by atoms with Gasteiger partial charge in [0.1, 0.15) is 5.75 Å². The van der Waals surface area contributed by atoms with Crippen LogP contribution in [-0.4, -0.2) is 21.7 Å². The first kappa shape index (κ1) is 14.3. The van der Waals surface area contributed by atoms with Gasteiger partial charge in [-0.25, -0.2) is 5.43 Å². The molecule has 0 saturated carbocycles. The van der Waals surface area contributed by atoms with Crippen LogP contribution in [0.3, 0.4) is 0 Å². The van der Waals surface area contributed by atoms with Crippen molar-refractivity contribution in [1.29, 1.82) is 0 Å². The number of amides is 1. The van der Waals surface area contributed by atoms with Gasteiger partial charge >= 0.3 is 0 Å². The number of phenols is 1. The Bertz CT molecular complexity index is 981. The number of hydrogen-bond acceptors (Lipinski definition) is 3. The molecule has 0 radical (unpaired) electrons. The maximum atomic E-state index is 12.1. The van der Waals surface area contributed by atoms with E-state index in [4.69, 9.17) is 0 Å². The number of hydrogen-bond donors (Lipinski definition) is 3. The molecule has 4 rings (SSSR count). The second-order valence-corrected chi connectivity index (χ2v) is 5.69. The van der Waals surface area contributed by atoms with E-state index in [0.717, 1.165) is 22.0 Å². The fraction of sp³-hybridized carbons (Fsp3) is 0.0526. The maximum Gasteiger partial charge on any atom is 0.273 e. The number of carbonyl (C=O) groups is 1. The van der Waals surface area contributed by atoms with E-state index in [2.05, 4.69) is 15.5 Å². The zero-order valence-electron chi connectivity index (χ0n) is 12.8. The van der Waals surface area contributed by atoms with Crippen LogP contribution in [0.2, 0.25) is 0 Å². The molecule has 2 aromatic carbocycles. The number of fused-ring (bicyclic) bond motifs is 1. The summed E-state index contributed by atoms with van der Waals surface area (Å²) in [7, 11) is 0. The molecular formula is C19H15N3O2. The van der Waals surface area contributed by atoms with E-state index < -0.39 is 0 Å². The zero-order chi connectivity index (χ0) is 16.5. The van der Waals surface area contributed by atoms with Crippen molar-refractivity contribution in [3.8, 4) is 5.75 Å². The highest BCUT2D eigenvalue weighted by Crippen LogP contribution is 2.23. The molecule has 24 heavy (non-hydrogen) atoms. The Kier molecular flexibility index (Phi) is 3.39. The molecule has 5 nitrogen and oxygen atoms in total. The molecule has 1 amide bonds. The van der Waals surface area contributed by atoms with Crippen LogP contribution in [0.25, 0.3) is 17.0 Å². The molecule has 0 saturated heterocycles. The minimum absolute atomic E-state index is 0.200. The van der Waals surface area contributed by atoms with Crippen LogP contribution < -0.4 is 5.43 Å². The van der Waals surface area contributed by atoms with E-state index in [1.807, 2.05) is 48.7 Å². The average molecular weight is 317 g/mol. The largest absolute Gasteiger partial charge is 0.508 e. The normalized spacial score (nSPS) is 15.8. The molecular weight excluding hydrogens is 302 g/mol. The molecule has 0 atom stereocenters. The predicted octanol–water partition coefficient (Wildman–Crippen LogP) is 2.99. The van der Waals surface area contributed by atoms with Gasteiger partial charge < -0.3 is 10.1 Å². The first-order chi connectivity index (χ1) is 11.7. The Morgan fingerprint density at radius 3 is 2.71 bits per heavy atom. The van der Waals surface area contributed by atoms with Crippen molar-refractivity contribution >= 4 is 28.6 Å². The summed E-state index contributed by atoms with van der Waals surface area (Å²) in [6, 6.07) is 14.9. The van der Waals surface area contributed by atoms with E-state index in [1.54, 1.807) is 12.1 Å². The SMILES string of the molecule is O=C1NN=C(Cc2ccc(O)cc2)C1=Cc1c[nH]c2ccccc12. The van der Waals surface area contributed by atoms with Gasteiger partial charge in [-0.15, -0.1) is 0 Å². The van der Waals surface area contributed by atoms with Crippen molar-refractivity contribution in [3.05, 3.63) is 71.4 Å². The lowest BCUT2D eigenvalue weighted by molar-refractivity contribution is -0.116. The van der Waals surface area contributed by atoms with Gasteiger partial charge in [0.2, 0.25) is 0 Å². The molecule has 0 unspecified atom stereocenters. The van der Waals surface area contributed by atoms with E-state index in [0.29, 0.717) is 17.7 Å². The standard InChI is InChI=1S/C19H15N3O2/c23-14-7-5-12(6-8-14)9-18-16(19(24)22-21-18)10-13-11-20-17-4-2-1-3-15(13)17/h1-8,10-11,20,23H,9H2,(H,22,24).